The fourth-order valence-corrected chi connectivity index (χ4v) is 9.00. The molecule has 144 valence electrons. The summed E-state index contributed by atoms with van der Waals surface area (Å²) in [6, 6.07) is 33.2. The van der Waals surface area contributed by atoms with E-state index in [1.165, 1.54) is 34.9 Å². The number of unbranched alkanes of at least 4 members (excludes halogenated alkanes) is 3. The van der Waals surface area contributed by atoms with Crippen LogP contribution >= 0.6 is 7.26 Å². The normalized spacial score (nSPS) is 11.6. The third kappa shape index (κ3) is 4.81. The van der Waals surface area contributed by atoms with Crippen molar-refractivity contribution in [2.24, 2.45) is 5.11 Å². The van der Waals surface area contributed by atoms with Crippen LogP contribution in [0.2, 0.25) is 0 Å². The number of benzene rings is 3. The molecule has 0 heterocycles. The number of nitrogens with zero attached hydrogens (tertiary/aromatic N) is 3. The summed E-state index contributed by atoms with van der Waals surface area (Å²) in [5, 5.41) is 8.07. The number of rotatable bonds is 10. The summed E-state index contributed by atoms with van der Waals surface area (Å²) in [5.41, 5.74) is 8.42. The van der Waals surface area contributed by atoms with E-state index < -0.39 is 7.26 Å². The molecular weight excluding hydrogens is 361 g/mol. The molecule has 0 N–H and O–H groups in total. The molecule has 3 aromatic rings. The zero-order valence-corrected chi connectivity index (χ0v) is 17.2. The predicted molar refractivity (Wildman–Crippen MR) is 124 cm³/mol. The molecule has 0 bridgehead atoms. The van der Waals surface area contributed by atoms with Gasteiger partial charge >= 0.3 is 168 Å². The first kappa shape index (κ1) is 20.1. The van der Waals surface area contributed by atoms with E-state index >= 15 is 0 Å². The van der Waals surface area contributed by atoms with Crippen LogP contribution in [0.15, 0.2) is 96.1 Å². The molecule has 0 amide bonds. The van der Waals surface area contributed by atoms with E-state index in [0.717, 1.165) is 12.8 Å². The molecular formula is C24H28N3P. The van der Waals surface area contributed by atoms with Crippen LogP contribution in [-0.4, -0.2) is 12.7 Å². The Kier molecular flexibility index (Phi) is 7.67. The first-order valence-corrected chi connectivity index (χ1v) is 12.3. The minimum absolute atomic E-state index is 0.606. The second kappa shape index (κ2) is 10.7. The summed E-state index contributed by atoms with van der Waals surface area (Å²) in [7, 11) is -2.08. The van der Waals surface area contributed by atoms with Crippen molar-refractivity contribution in [2.75, 3.05) is 12.7 Å². The molecule has 3 nitrogen and oxygen atoms in total. The molecule has 3 rings (SSSR count). The Morgan fingerprint density at radius 1 is 0.607 bits per heavy atom. The molecule has 0 atom stereocenters. The molecule has 0 fully saturated rings. The zero-order valence-electron chi connectivity index (χ0n) is 16.2. The van der Waals surface area contributed by atoms with Gasteiger partial charge in [0.25, 0.3) is 0 Å². The van der Waals surface area contributed by atoms with E-state index in [0.29, 0.717) is 6.54 Å². The molecule has 0 saturated heterocycles. The van der Waals surface area contributed by atoms with Gasteiger partial charge in [-0.3, -0.25) is 0 Å². The topological polar surface area (TPSA) is 48.8 Å². The summed E-state index contributed by atoms with van der Waals surface area (Å²) in [6.45, 7) is 0.606. The molecule has 0 saturated carbocycles. The molecule has 0 aliphatic rings. The van der Waals surface area contributed by atoms with Crippen LogP contribution in [0.4, 0.5) is 0 Å². The van der Waals surface area contributed by atoms with E-state index in [1.54, 1.807) is 0 Å². The molecule has 4 heteroatoms. The van der Waals surface area contributed by atoms with Gasteiger partial charge < -0.3 is 0 Å². The second-order valence-corrected chi connectivity index (χ2v) is 11.2. The van der Waals surface area contributed by atoms with Crippen molar-refractivity contribution in [3.8, 4) is 0 Å². The SMILES string of the molecule is [N-]=[N+]=NCCCCCC[PH](c1ccccc1)(c1ccccc1)c1ccccc1. The maximum absolute atomic E-state index is 8.42. The van der Waals surface area contributed by atoms with Gasteiger partial charge in [-0.05, 0) is 0 Å². The molecule has 0 spiro atoms. The van der Waals surface area contributed by atoms with Crippen LogP contribution in [0.1, 0.15) is 25.7 Å². The molecule has 0 aromatic heterocycles. The second-order valence-electron chi connectivity index (χ2n) is 7.12. The Morgan fingerprint density at radius 3 is 1.46 bits per heavy atom. The van der Waals surface area contributed by atoms with E-state index in [4.69, 9.17) is 5.53 Å². The Morgan fingerprint density at radius 2 is 1.04 bits per heavy atom. The van der Waals surface area contributed by atoms with Crippen LogP contribution in [0.3, 0.4) is 0 Å². The van der Waals surface area contributed by atoms with Gasteiger partial charge in [-0.25, -0.2) is 0 Å². The van der Waals surface area contributed by atoms with Gasteiger partial charge in [0.1, 0.15) is 0 Å². The molecule has 28 heavy (non-hydrogen) atoms. The van der Waals surface area contributed by atoms with Crippen molar-refractivity contribution in [3.63, 3.8) is 0 Å². The standard InChI is InChI=1S/C24H28N3P/c25-27-26-20-12-1-2-13-21-28(22-14-6-3-7-15-22,23-16-8-4-9-17-23)24-18-10-5-11-19-24/h3-11,14-19,28H,1-2,12-13,20-21H2. The monoisotopic (exact) mass is 389 g/mol. The molecule has 0 aliphatic heterocycles. The molecule has 0 unspecified atom stereocenters. The average Bonchev–Trinajstić information content (AvgIpc) is 2.78. The Balaban J connectivity index is 1.94. The Hall–Kier alpha value is -2.60. The minimum atomic E-state index is -2.08. The number of hydrogen-bond acceptors (Lipinski definition) is 1. The van der Waals surface area contributed by atoms with Gasteiger partial charge in [-0.2, -0.15) is 0 Å². The van der Waals surface area contributed by atoms with Gasteiger partial charge in [-0.15, -0.1) is 0 Å². The molecule has 0 radical (unpaired) electrons. The van der Waals surface area contributed by atoms with Crippen molar-refractivity contribution < 1.29 is 0 Å². The first-order chi connectivity index (χ1) is 13.9. The Labute approximate surface area is 168 Å². The molecule has 0 aliphatic carbocycles. The van der Waals surface area contributed by atoms with Crippen molar-refractivity contribution >= 4 is 23.2 Å². The first-order valence-electron chi connectivity index (χ1n) is 10.1. The van der Waals surface area contributed by atoms with Gasteiger partial charge in [0.05, 0.1) is 0 Å². The third-order valence-corrected chi connectivity index (χ3v) is 10.5. The fourth-order valence-electron chi connectivity index (χ4n) is 4.07. The van der Waals surface area contributed by atoms with Crippen molar-refractivity contribution in [3.05, 3.63) is 101 Å². The van der Waals surface area contributed by atoms with E-state index in [9.17, 15) is 0 Å². The van der Waals surface area contributed by atoms with Gasteiger partial charge in [0.2, 0.25) is 0 Å². The number of azide groups is 1. The van der Waals surface area contributed by atoms with Gasteiger partial charge in [0.15, 0.2) is 0 Å². The van der Waals surface area contributed by atoms with E-state index in [2.05, 4.69) is 101 Å². The zero-order chi connectivity index (χ0) is 19.5. The van der Waals surface area contributed by atoms with Crippen LogP contribution in [0.5, 0.6) is 0 Å². The maximum atomic E-state index is 8.42. The van der Waals surface area contributed by atoms with Gasteiger partial charge in [0, 0.05) is 0 Å². The van der Waals surface area contributed by atoms with Gasteiger partial charge in [-0.1, -0.05) is 0 Å². The van der Waals surface area contributed by atoms with Crippen molar-refractivity contribution in [1.82, 2.24) is 0 Å². The average molecular weight is 389 g/mol. The molecule has 3 aromatic carbocycles. The van der Waals surface area contributed by atoms with E-state index in [1.807, 2.05) is 0 Å². The summed E-state index contributed by atoms with van der Waals surface area (Å²) in [4.78, 5) is 2.84. The quantitative estimate of drug-likeness (QED) is 0.143. The number of hydrogen-bond donors (Lipinski definition) is 0. The van der Waals surface area contributed by atoms with Crippen LogP contribution in [-0.2, 0) is 0 Å². The predicted octanol–water partition coefficient (Wildman–Crippen LogP) is 5.58. The Bertz CT molecular complexity index is 779. The summed E-state index contributed by atoms with van der Waals surface area (Å²) >= 11 is 0. The fraction of sp³-hybridized carbons (Fsp3) is 0.250. The third-order valence-electron chi connectivity index (χ3n) is 5.42. The van der Waals surface area contributed by atoms with E-state index in [-0.39, 0.29) is 0 Å². The van der Waals surface area contributed by atoms with Crippen molar-refractivity contribution in [1.29, 1.82) is 0 Å². The summed E-state index contributed by atoms with van der Waals surface area (Å²) in [5.74, 6) is 0. The van der Waals surface area contributed by atoms with Crippen molar-refractivity contribution in [2.45, 2.75) is 25.7 Å². The van der Waals surface area contributed by atoms with Crippen LogP contribution in [0, 0.1) is 0 Å². The van der Waals surface area contributed by atoms with Crippen LogP contribution in [0.25, 0.3) is 10.4 Å². The summed E-state index contributed by atoms with van der Waals surface area (Å²) < 4.78 is 0. The van der Waals surface area contributed by atoms with Crippen LogP contribution < -0.4 is 15.9 Å². The summed E-state index contributed by atoms with van der Waals surface area (Å²) in [6.07, 6.45) is 5.62.